The number of allylic oxidation sites excluding steroid dienone is 1. The molecule has 0 radical (unpaired) electrons. The minimum Gasteiger partial charge on any atom is -0.298 e. The molecule has 0 aromatic carbocycles. The highest BCUT2D eigenvalue weighted by Crippen LogP contribution is 2.12. The van der Waals surface area contributed by atoms with Crippen molar-refractivity contribution in [1.82, 2.24) is 0 Å². The molecule has 0 aliphatic heterocycles. The third-order valence-electron chi connectivity index (χ3n) is 3.81. The molecule has 0 aliphatic carbocycles. The zero-order valence-corrected chi connectivity index (χ0v) is 15.5. The molecule has 0 heterocycles. The summed E-state index contributed by atoms with van der Waals surface area (Å²) in [5.74, 6) is 0. The van der Waals surface area contributed by atoms with Crippen LogP contribution in [0.2, 0.25) is 19.1 Å². The molecule has 0 bridgehead atoms. The van der Waals surface area contributed by atoms with Gasteiger partial charge in [0.1, 0.15) is 0 Å². The van der Waals surface area contributed by atoms with Crippen LogP contribution in [0.5, 0.6) is 0 Å². The predicted octanol–water partition coefficient (Wildman–Crippen LogP) is 6.41. The lowest BCUT2D eigenvalue weighted by Crippen LogP contribution is -2.21. The van der Waals surface area contributed by atoms with E-state index in [0.29, 0.717) is 0 Å². The van der Waals surface area contributed by atoms with Gasteiger partial charge in [0.05, 0.1) is 8.07 Å². The van der Waals surface area contributed by atoms with Gasteiger partial charge in [0.25, 0.3) is 0 Å². The maximum atomic E-state index is 4.55. The van der Waals surface area contributed by atoms with Gasteiger partial charge < -0.3 is 0 Å². The van der Waals surface area contributed by atoms with Crippen LogP contribution in [0.3, 0.4) is 0 Å². The van der Waals surface area contributed by atoms with Crippen LogP contribution in [0.1, 0.15) is 71.6 Å². The molecule has 0 amide bonds. The Balaban J connectivity index is 3.32. The van der Waals surface area contributed by atoms with Gasteiger partial charge in [0, 0.05) is 6.54 Å². The van der Waals surface area contributed by atoms with Crippen LogP contribution in [-0.2, 0) is 0 Å². The quantitative estimate of drug-likeness (QED) is 0.211. The summed E-state index contributed by atoms with van der Waals surface area (Å²) < 4.78 is 0. The predicted molar refractivity (Wildman–Crippen MR) is 97.7 cm³/mol. The van der Waals surface area contributed by atoms with Gasteiger partial charge >= 0.3 is 0 Å². The van der Waals surface area contributed by atoms with Gasteiger partial charge in [-0.1, -0.05) is 76.7 Å². The second-order valence-corrected chi connectivity index (χ2v) is 11.4. The molecular formula is C18H37NSi. The summed E-state index contributed by atoms with van der Waals surface area (Å²) in [5, 5.41) is 0. The number of hydrogen-bond acceptors (Lipinski definition) is 1. The Labute approximate surface area is 129 Å². The van der Waals surface area contributed by atoms with Crippen LogP contribution in [0.25, 0.3) is 0 Å². The molecule has 0 aliphatic rings. The monoisotopic (exact) mass is 295 g/mol. The van der Waals surface area contributed by atoms with Crippen molar-refractivity contribution < 1.29 is 0 Å². The first kappa shape index (κ1) is 19.6. The van der Waals surface area contributed by atoms with Gasteiger partial charge in [-0.25, -0.2) is 0 Å². The van der Waals surface area contributed by atoms with E-state index >= 15 is 0 Å². The Hall–Kier alpha value is -0.373. The Morgan fingerprint density at radius 1 is 0.900 bits per heavy atom. The number of nitrogens with zero attached hydrogens (tertiary/aromatic N) is 1. The lowest BCUT2D eigenvalue weighted by molar-refractivity contribution is 0.578. The minimum atomic E-state index is -1.07. The third-order valence-corrected chi connectivity index (χ3v) is 6.62. The summed E-state index contributed by atoms with van der Waals surface area (Å²) in [5.41, 5.74) is 2.43. The Bertz CT molecular complexity index is 256. The normalized spacial score (nSPS) is 12.8. The maximum Gasteiger partial charge on any atom is 0.0716 e. The Morgan fingerprint density at radius 3 is 2.10 bits per heavy atom. The van der Waals surface area contributed by atoms with Crippen LogP contribution in [0, 0.1) is 0 Å². The molecule has 0 rings (SSSR count). The van der Waals surface area contributed by atoms with Crippen LogP contribution >= 0.6 is 0 Å². The molecule has 0 unspecified atom stereocenters. The van der Waals surface area contributed by atoms with E-state index in [1.807, 2.05) is 0 Å². The largest absolute Gasteiger partial charge is 0.298 e. The number of unbranched alkanes of at least 4 members (excludes halogenated alkanes) is 7. The van der Waals surface area contributed by atoms with Gasteiger partial charge in [0.15, 0.2) is 0 Å². The Morgan fingerprint density at radius 2 is 1.50 bits per heavy atom. The zero-order valence-electron chi connectivity index (χ0n) is 14.5. The van der Waals surface area contributed by atoms with Crippen LogP contribution in [0.15, 0.2) is 16.8 Å². The third kappa shape index (κ3) is 14.0. The lowest BCUT2D eigenvalue weighted by atomic mass is 10.1. The van der Waals surface area contributed by atoms with Gasteiger partial charge in [-0.15, -0.1) is 0 Å². The van der Waals surface area contributed by atoms with Crippen LogP contribution in [-0.4, -0.2) is 20.8 Å². The fourth-order valence-electron chi connectivity index (χ4n) is 2.49. The van der Waals surface area contributed by atoms with Crippen molar-refractivity contribution in [3.05, 3.63) is 11.8 Å². The van der Waals surface area contributed by atoms with E-state index in [0.717, 1.165) is 6.54 Å². The van der Waals surface area contributed by atoms with Crippen molar-refractivity contribution in [3.8, 4) is 0 Å². The topological polar surface area (TPSA) is 12.4 Å². The van der Waals surface area contributed by atoms with E-state index in [1.165, 1.54) is 63.8 Å². The average molecular weight is 296 g/mol. The number of rotatable bonds is 13. The molecule has 0 atom stereocenters. The van der Waals surface area contributed by atoms with Crippen LogP contribution < -0.4 is 0 Å². The number of aliphatic imine (C=N–C) groups is 1. The summed E-state index contributed by atoms with van der Waals surface area (Å²) in [6, 6.07) is 1.33. The molecule has 0 N–H and O–H groups in total. The second-order valence-electron chi connectivity index (χ2n) is 6.59. The molecule has 2 heteroatoms. The number of hydrogen-bond donors (Lipinski definition) is 0. The molecule has 0 saturated heterocycles. The lowest BCUT2D eigenvalue weighted by Gasteiger charge is -2.15. The second kappa shape index (κ2) is 13.6. The maximum absolute atomic E-state index is 4.55. The van der Waals surface area contributed by atoms with Gasteiger partial charge in [-0.2, -0.15) is 0 Å². The van der Waals surface area contributed by atoms with Gasteiger partial charge in [-0.3, -0.25) is 4.99 Å². The van der Waals surface area contributed by atoms with Gasteiger partial charge in [-0.05, 0) is 32.0 Å². The first-order valence-electron chi connectivity index (χ1n) is 8.74. The highest BCUT2D eigenvalue weighted by atomic mass is 28.3. The van der Waals surface area contributed by atoms with Crippen molar-refractivity contribution >= 4 is 14.3 Å². The highest BCUT2D eigenvalue weighted by molar-refractivity contribution is 6.82. The highest BCUT2D eigenvalue weighted by Gasteiger charge is 2.14. The summed E-state index contributed by atoms with van der Waals surface area (Å²) in [7, 11) is -1.07. The molecule has 0 saturated carbocycles. The van der Waals surface area contributed by atoms with Gasteiger partial charge in [0.2, 0.25) is 0 Å². The van der Waals surface area contributed by atoms with Crippen molar-refractivity contribution in [2.24, 2.45) is 4.99 Å². The van der Waals surface area contributed by atoms with E-state index in [4.69, 9.17) is 0 Å². The van der Waals surface area contributed by atoms with Crippen molar-refractivity contribution in [1.29, 1.82) is 0 Å². The van der Waals surface area contributed by atoms with Crippen molar-refractivity contribution in [2.45, 2.75) is 90.8 Å². The molecule has 0 fully saturated rings. The minimum absolute atomic E-state index is 1.04. The fraction of sp³-hybridized carbons (Fsp3) is 0.833. The average Bonchev–Trinajstić information content (AvgIpc) is 2.40. The first-order chi connectivity index (χ1) is 9.62. The van der Waals surface area contributed by atoms with Crippen molar-refractivity contribution in [3.63, 3.8) is 0 Å². The molecule has 0 aromatic heterocycles. The smallest absolute Gasteiger partial charge is 0.0716 e. The summed E-state index contributed by atoms with van der Waals surface area (Å²) in [6.07, 6.45) is 16.6. The summed E-state index contributed by atoms with van der Waals surface area (Å²) in [6.45, 7) is 10.3. The van der Waals surface area contributed by atoms with Crippen molar-refractivity contribution in [2.75, 3.05) is 6.54 Å². The molecule has 0 spiro atoms. The molecule has 0 aromatic rings. The first-order valence-corrected chi connectivity index (χ1v) is 12.0. The fourth-order valence-corrected chi connectivity index (χ4v) is 4.43. The summed E-state index contributed by atoms with van der Waals surface area (Å²) in [4.78, 5) is 4.55. The van der Waals surface area contributed by atoms with E-state index < -0.39 is 8.07 Å². The van der Waals surface area contributed by atoms with E-state index in [9.17, 15) is 0 Å². The molecule has 20 heavy (non-hydrogen) atoms. The molecule has 118 valence electrons. The zero-order chi connectivity index (χ0) is 15.1. The SMILES string of the molecule is CC=C[Si](C)(C)CCC=NCCCCCCCCCC. The van der Waals surface area contributed by atoms with Crippen LogP contribution in [0.4, 0.5) is 0 Å². The van der Waals surface area contributed by atoms with E-state index in [-0.39, 0.29) is 0 Å². The molecule has 1 nitrogen and oxygen atoms in total. The molecular weight excluding hydrogens is 258 g/mol. The standard InChI is InChI=1S/C18H37NSi/c1-5-7-8-9-10-11-12-13-15-19-16-14-18-20(3,4)17-6-2/h6,16-17H,5,7-15,18H2,1-4H3. The summed E-state index contributed by atoms with van der Waals surface area (Å²) >= 11 is 0. The Kier molecular flexibility index (Phi) is 13.3. The van der Waals surface area contributed by atoms with E-state index in [2.05, 4.69) is 49.9 Å². The van der Waals surface area contributed by atoms with E-state index in [1.54, 1.807) is 0 Å².